The van der Waals surface area contributed by atoms with E-state index in [1.54, 1.807) is 13.8 Å². The minimum atomic E-state index is -1.41. The molecule has 0 saturated heterocycles. The number of aliphatic carboxylic acids is 2. The first-order chi connectivity index (χ1) is 13.8. The highest BCUT2D eigenvalue weighted by atomic mass is 16.4. The summed E-state index contributed by atoms with van der Waals surface area (Å²) in [6.45, 7) is 8.45. The molecule has 172 valence electrons. The zero-order valence-electron chi connectivity index (χ0n) is 18.1. The number of amides is 3. The molecule has 11 nitrogen and oxygen atoms in total. The van der Waals surface area contributed by atoms with Gasteiger partial charge in [0, 0.05) is 6.42 Å². The van der Waals surface area contributed by atoms with Crippen molar-refractivity contribution in [3.8, 4) is 0 Å². The third-order valence-electron chi connectivity index (χ3n) is 4.82. The van der Waals surface area contributed by atoms with E-state index in [0.29, 0.717) is 6.42 Å². The summed E-state index contributed by atoms with van der Waals surface area (Å²) in [5.41, 5.74) is 5.85. The van der Waals surface area contributed by atoms with E-state index in [1.165, 1.54) is 6.92 Å². The van der Waals surface area contributed by atoms with E-state index in [1.807, 2.05) is 13.8 Å². The molecule has 30 heavy (non-hydrogen) atoms. The Morgan fingerprint density at radius 2 is 1.43 bits per heavy atom. The van der Waals surface area contributed by atoms with Crippen LogP contribution in [0.5, 0.6) is 0 Å². The Hall–Kier alpha value is -2.69. The Balaban J connectivity index is 5.06. The van der Waals surface area contributed by atoms with Crippen LogP contribution in [0.3, 0.4) is 0 Å². The van der Waals surface area contributed by atoms with Crippen LogP contribution < -0.4 is 21.7 Å². The van der Waals surface area contributed by atoms with Crippen molar-refractivity contribution in [2.24, 2.45) is 17.6 Å². The fraction of sp³-hybridized carbons (Fsp3) is 0.737. The van der Waals surface area contributed by atoms with Crippen molar-refractivity contribution in [3.63, 3.8) is 0 Å². The Morgan fingerprint density at radius 1 is 0.867 bits per heavy atom. The lowest BCUT2D eigenvalue weighted by Crippen LogP contribution is -2.58. The fourth-order valence-electron chi connectivity index (χ4n) is 2.49. The van der Waals surface area contributed by atoms with Crippen molar-refractivity contribution < 1.29 is 34.2 Å². The van der Waals surface area contributed by atoms with Gasteiger partial charge in [0.25, 0.3) is 0 Å². The first-order valence-electron chi connectivity index (χ1n) is 9.93. The molecule has 0 spiro atoms. The predicted octanol–water partition coefficient (Wildman–Crippen LogP) is -0.560. The quantitative estimate of drug-likeness (QED) is 0.224. The highest BCUT2D eigenvalue weighted by Crippen LogP contribution is 2.07. The van der Waals surface area contributed by atoms with Gasteiger partial charge in [0.2, 0.25) is 17.7 Å². The molecule has 0 fully saturated rings. The van der Waals surface area contributed by atoms with Gasteiger partial charge in [-0.25, -0.2) is 4.79 Å². The minimum Gasteiger partial charge on any atom is -0.481 e. The molecule has 0 radical (unpaired) electrons. The summed E-state index contributed by atoms with van der Waals surface area (Å²) in [5, 5.41) is 25.2. The molecule has 7 N–H and O–H groups in total. The summed E-state index contributed by atoms with van der Waals surface area (Å²) < 4.78 is 0. The second-order valence-electron chi connectivity index (χ2n) is 7.70. The molecule has 0 aliphatic heterocycles. The van der Waals surface area contributed by atoms with Gasteiger partial charge in [-0.3, -0.25) is 19.2 Å². The van der Waals surface area contributed by atoms with Crippen LogP contribution in [-0.4, -0.2) is 64.0 Å². The monoisotopic (exact) mass is 430 g/mol. The van der Waals surface area contributed by atoms with Crippen molar-refractivity contribution in [1.82, 2.24) is 16.0 Å². The van der Waals surface area contributed by atoms with Gasteiger partial charge in [-0.15, -0.1) is 0 Å². The standard InChI is InChI=1S/C19H34N4O7/c1-6-10(4)14(20)17(27)21-11(5)16(26)23-15(9(2)3)18(28)22-12(19(29)30)7-8-13(24)25/h9-12,14-15H,6-8,20H2,1-5H3,(H,21,27)(H,22,28)(H,23,26)(H,24,25)(H,29,30)/t10-,11-,12-,14-,15-/m0/s1. The van der Waals surface area contributed by atoms with Gasteiger partial charge >= 0.3 is 11.9 Å². The van der Waals surface area contributed by atoms with Crippen LogP contribution in [0.1, 0.15) is 53.9 Å². The Bertz CT molecular complexity index is 638. The molecule has 0 aliphatic rings. The molecule has 0 aromatic carbocycles. The molecule has 0 saturated carbocycles. The van der Waals surface area contributed by atoms with Crippen molar-refractivity contribution in [1.29, 1.82) is 0 Å². The third-order valence-corrected chi connectivity index (χ3v) is 4.82. The molecular formula is C19H34N4O7. The second-order valence-corrected chi connectivity index (χ2v) is 7.70. The summed E-state index contributed by atoms with van der Waals surface area (Å²) in [6.07, 6.45) is -0.0397. The average Bonchev–Trinajstić information content (AvgIpc) is 2.66. The van der Waals surface area contributed by atoms with Gasteiger partial charge < -0.3 is 31.9 Å². The van der Waals surface area contributed by atoms with Crippen molar-refractivity contribution in [2.45, 2.75) is 78.0 Å². The molecule has 5 atom stereocenters. The van der Waals surface area contributed by atoms with E-state index < -0.39 is 66.2 Å². The maximum atomic E-state index is 12.5. The predicted molar refractivity (Wildman–Crippen MR) is 108 cm³/mol. The fourth-order valence-corrected chi connectivity index (χ4v) is 2.49. The average molecular weight is 431 g/mol. The lowest BCUT2D eigenvalue weighted by atomic mass is 9.99. The van der Waals surface area contributed by atoms with E-state index in [4.69, 9.17) is 10.8 Å². The zero-order chi connectivity index (χ0) is 23.6. The molecular weight excluding hydrogens is 396 g/mol. The van der Waals surface area contributed by atoms with Gasteiger partial charge in [-0.05, 0) is 25.2 Å². The Morgan fingerprint density at radius 3 is 1.87 bits per heavy atom. The molecule has 0 unspecified atom stereocenters. The van der Waals surface area contributed by atoms with Crippen LogP contribution in [0.4, 0.5) is 0 Å². The maximum Gasteiger partial charge on any atom is 0.326 e. The van der Waals surface area contributed by atoms with E-state index in [-0.39, 0.29) is 12.3 Å². The number of hydrogen-bond acceptors (Lipinski definition) is 6. The van der Waals surface area contributed by atoms with Crippen LogP contribution >= 0.6 is 0 Å². The topological polar surface area (TPSA) is 188 Å². The summed E-state index contributed by atoms with van der Waals surface area (Å²) in [7, 11) is 0. The van der Waals surface area contributed by atoms with Gasteiger partial charge in [-0.1, -0.05) is 34.1 Å². The third kappa shape index (κ3) is 9.21. The number of carboxylic acid groups (broad SMARTS) is 2. The summed E-state index contributed by atoms with van der Waals surface area (Å²) in [4.78, 5) is 59.1. The first kappa shape index (κ1) is 27.3. The summed E-state index contributed by atoms with van der Waals surface area (Å²) in [5.74, 6) is -4.92. The van der Waals surface area contributed by atoms with Crippen LogP contribution in [0.2, 0.25) is 0 Å². The Kier molecular flexibility index (Phi) is 11.6. The van der Waals surface area contributed by atoms with Crippen molar-refractivity contribution in [2.75, 3.05) is 0 Å². The minimum absolute atomic E-state index is 0.0757. The van der Waals surface area contributed by atoms with Crippen LogP contribution in [0.15, 0.2) is 0 Å². The molecule has 0 bridgehead atoms. The number of nitrogens with two attached hydrogens (primary N) is 1. The SMILES string of the molecule is CC[C@H](C)[C@H](N)C(=O)N[C@@H](C)C(=O)N[C@H](C(=O)N[C@@H](CCC(=O)O)C(=O)O)C(C)C. The molecule has 0 heterocycles. The smallest absolute Gasteiger partial charge is 0.326 e. The largest absolute Gasteiger partial charge is 0.481 e. The second kappa shape index (κ2) is 12.8. The number of carboxylic acids is 2. The van der Waals surface area contributed by atoms with E-state index in [0.717, 1.165) is 0 Å². The number of hydrogen-bond donors (Lipinski definition) is 6. The molecule has 0 aliphatic carbocycles. The van der Waals surface area contributed by atoms with E-state index in [9.17, 15) is 29.1 Å². The normalized spacial score (nSPS) is 16.0. The van der Waals surface area contributed by atoms with Crippen molar-refractivity contribution in [3.05, 3.63) is 0 Å². The molecule has 0 aromatic heterocycles. The number of nitrogens with one attached hydrogen (secondary N) is 3. The molecule has 0 rings (SSSR count). The Labute approximate surface area is 176 Å². The van der Waals surface area contributed by atoms with Crippen molar-refractivity contribution >= 4 is 29.7 Å². The molecule has 0 aromatic rings. The highest BCUT2D eigenvalue weighted by Gasteiger charge is 2.31. The van der Waals surface area contributed by atoms with Gasteiger partial charge in [0.05, 0.1) is 6.04 Å². The summed E-state index contributed by atoms with van der Waals surface area (Å²) in [6, 6.07) is -4.23. The van der Waals surface area contributed by atoms with Crippen LogP contribution in [0, 0.1) is 11.8 Å². The van der Waals surface area contributed by atoms with Crippen LogP contribution in [-0.2, 0) is 24.0 Å². The van der Waals surface area contributed by atoms with Crippen LogP contribution in [0.25, 0.3) is 0 Å². The number of carbonyl (C=O) groups excluding carboxylic acids is 3. The van der Waals surface area contributed by atoms with Gasteiger partial charge in [-0.2, -0.15) is 0 Å². The van der Waals surface area contributed by atoms with E-state index in [2.05, 4.69) is 16.0 Å². The maximum absolute atomic E-state index is 12.5. The lowest BCUT2D eigenvalue weighted by molar-refractivity contribution is -0.143. The number of carbonyl (C=O) groups is 5. The highest BCUT2D eigenvalue weighted by molar-refractivity contribution is 5.94. The van der Waals surface area contributed by atoms with Gasteiger partial charge in [0.15, 0.2) is 0 Å². The number of rotatable bonds is 13. The molecule has 3 amide bonds. The van der Waals surface area contributed by atoms with Gasteiger partial charge in [0.1, 0.15) is 18.1 Å². The summed E-state index contributed by atoms with van der Waals surface area (Å²) >= 11 is 0. The zero-order valence-corrected chi connectivity index (χ0v) is 18.1. The molecule has 11 heteroatoms. The first-order valence-corrected chi connectivity index (χ1v) is 9.93. The van der Waals surface area contributed by atoms with E-state index >= 15 is 0 Å². The lowest BCUT2D eigenvalue weighted by Gasteiger charge is -2.26.